The van der Waals surface area contributed by atoms with Crippen molar-refractivity contribution in [1.29, 1.82) is 0 Å². The fourth-order valence-corrected chi connectivity index (χ4v) is 2.17. The number of nitrogens with one attached hydrogen (secondary N) is 1. The molecular weight excluding hydrogens is 278 g/mol. The van der Waals surface area contributed by atoms with E-state index in [1.807, 2.05) is 6.92 Å². The third-order valence-electron chi connectivity index (χ3n) is 3.29. The Morgan fingerprint density at radius 1 is 1.48 bits per heavy atom. The lowest BCUT2D eigenvalue weighted by Crippen LogP contribution is -2.53. The normalized spacial score (nSPS) is 13.3. The predicted molar refractivity (Wildman–Crippen MR) is 74.9 cm³/mol. The minimum atomic E-state index is -1.17. The van der Waals surface area contributed by atoms with E-state index in [1.165, 1.54) is 30.9 Å². The van der Waals surface area contributed by atoms with E-state index in [0.29, 0.717) is 12.8 Å². The minimum Gasteiger partial charge on any atom is -0.467 e. The van der Waals surface area contributed by atoms with E-state index in [2.05, 4.69) is 5.32 Å². The minimum absolute atomic E-state index is 0.105. The summed E-state index contributed by atoms with van der Waals surface area (Å²) >= 11 is 0. The molecule has 0 aliphatic carbocycles. The fourth-order valence-electron chi connectivity index (χ4n) is 2.17. The Kier molecular flexibility index (Phi) is 5.07. The largest absolute Gasteiger partial charge is 0.467 e. The van der Waals surface area contributed by atoms with Crippen LogP contribution in [0.2, 0.25) is 0 Å². The van der Waals surface area contributed by atoms with Gasteiger partial charge >= 0.3 is 11.8 Å². The van der Waals surface area contributed by atoms with Crippen LogP contribution in [0.3, 0.4) is 0 Å². The fraction of sp³-hybridized carbons (Fsp3) is 0.538. The number of nitrogens with zero attached hydrogens (tertiary/aromatic N) is 2. The summed E-state index contributed by atoms with van der Waals surface area (Å²) in [6.45, 7) is 3.44. The van der Waals surface area contributed by atoms with Crippen LogP contribution in [0.5, 0.6) is 0 Å². The van der Waals surface area contributed by atoms with Crippen LogP contribution in [0, 0.1) is 10.1 Å². The van der Waals surface area contributed by atoms with E-state index >= 15 is 0 Å². The highest BCUT2D eigenvalue weighted by molar-refractivity contribution is 5.97. The van der Waals surface area contributed by atoms with Gasteiger partial charge in [0.25, 0.3) is 5.91 Å². The Morgan fingerprint density at radius 3 is 2.52 bits per heavy atom. The number of carbonyl (C=O) groups excluding carboxylic acids is 2. The van der Waals surface area contributed by atoms with Crippen molar-refractivity contribution in [1.82, 2.24) is 9.88 Å². The van der Waals surface area contributed by atoms with Gasteiger partial charge in [-0.1, -0.05) is 13.3 Å². The second-order valence-electron chi connectivity index (χ2n) is 4.92. The van der Waals surface area contributed by atoms with Crippen LogP contribution in [0.15, 0.2) is 12.1 Å². The quantitative estimate of drug-likeness (QED) is 0.485. The van der Waals surface area contributed by atoms with Crippen LogP contribution in [-0.2, 0) is 16.6 Å². The molecule has 8 heteroatoms. The molecule has 1 atom stereocenters. The number of hydrogen-bond acceptors (Lipinski definition) is 5. The van der Waals surface area contributed by atoms with Gasteiger partial charge in [-0.3, -0.25) is 4.79 Å². The molecule has 1 aromatic heterocycles. The van der Waals surface area contributed by atoms with Gasteiger partial charge in [-0.15, -0.1) is 0 Å². The molecule has 0 aromatic carbocycles. The monoisotopic (exact) mass is 297 g/mol. The molecule has 0 bridgehead atoms. The SMILES string of the molecule is CCCC(C)(NC(=O)c1ccc([N+](=O)[O-])n1C)C(=O)OC. The number of carbonyl (C=O) groups is 2. The molecule has 21 heavy (non-hydrogen) atoms. The van der Waals surface area contributed by atoms with E-state index in [9.17, 15) is 19.7 Å². The molecule has 1 amide bonds. The first kappa shape index (κ1) is 16.7. The summed E-state index contributed by atoms with van der Waals surface area (Å²) < 4.78 is 5.88. The van der Waals surface area contributed by atoms with Crippen LogP contribution in [0.4, 0.5) is 5.82 Å². The van der Waals surface area contributed by atoms with E-state index in [4.69, 9.17) is 4.74 Å². The summed E-state index contributed by atoms with van der Waals surface area (Å²) in [6, 6.07) is 2.58. The summed E-state index contributed by atoms with van der Waals surface area (Å²) in [5.74, 6) is -1.32. The molecule has 1 rings (SSSR count). The summed E-state index contributed by atoms with van der Waals surface area (Å²) in [5, 5.41) is 13.4. The average Bonchev–Trinajstić information content (AvgIpc) is 2.79. The highest BCUT2D eigenvalue weighted by Gasteiger charge is 2.36. The van der Waals surface area contributed by atoms with Gasteiger partial charge in [-0.2, -0.15) is 0 Å². The van der Waals surface area contributed by atoms with Crippen molar-refractivity contribution in [2.75, 3.05) is 7.11 Å². The molecule has 0 aliphatic rings. The summed E-state index contributed by atoms with van der Waals surface area (Å²) in [4.78, 5) is 34.3. The third kappa shape index (κ3) is 3.39. The third-order valence-corrected chi connectivity index (χ3v) is 3.29. The first-order valence-corrected chi connectivity index (χ1v) is 6.48. The molecule has 1 N–H and O–H groups in total. The molecule has 1 aromatic rings. The summed E-state index contributed by atoms with van der Waals surface area (Å²) in [5.41, 5.74) is -1.06. The maximum absolute atomic E-state index is 12.2. The van der Waals surface area contributed by atoms with Crippen molar-refractivity contribution in [3.8, 4) is 0 Å². The number of esters is 1. The van der Waals surface area contributed by atoms with Crippen molar-refractivity contribution in [3.63, 3.8) is 0 Å². The number of methoxy groups -OCH3 is 1. The molecule has 1 unspecified atom stereocenters. The topological polar surface area (TPSA) is 103 Å². The highest BCUT2D eigenvalue weighted by atomic mass is 16.6. The number of rotatable bonds is 6. The average molecular weight is 297 g/mol. The van der Waals surface area contributed by atoms with Gasteiger partial charge in [-0.25, -0.2) is 9.36 Å². The zero-order chi connectivity index (χ0) is 16.2. The Bertz CT molecular complexity index is 566. The molecular formula is C13H19N3O5. The molecule has 0 fully saturated rings. The molecule has 8 nitrogen and oxygen atoms in total. The van der Waals surface area contributed by atoms with Crippen LogP contribution in [0.25, 0.3) is 0 Å². The Morgan fingerprint density at radius 2 is 2.10 bits per heavy atom. The van der Waals surface area contributed by atoms with Crippen LogP contribution >= 0.6 is 0 Å². The molecule has 0 saturated heterocycles. The molecule has 0 saturated carbocycles. The van der Waals surface area contributed by atoms with E-state index in [1.54, 1.807) is 6.92 Å². The van der Waals surface area contributed by atoms with Crippen LogP contribution in [0.1, 0.15) is 37.2 Å². The van der Waals surface area contributed by atoms with Crippen molar-refractivity contribution < 1.29 is 19.2 Å². The summed E-state index contributed by atoms with van der Waals surface area (Å²) in [6.07, 6.45) is 1.07. The second-order valence-corrected chi connectivity index (χ2v) is 4.92. The zero-order valence-electron chi connectivity index (χ0n) is 12.5. The zero-order valence-corrected chi connectivity index (χ0v) is 12.5. The van der Waals surface area contributed by atoms with Crippen molar-refractivity contribution in [2.45, 2.75) is 32.2 Å². The molecule has 1 heterocycles. The first-order valence-electron chi connectivity index (χ1n) is 6.48. The lowest BCUT2D eigenvalue weighted by atomic mass is 9.96. The van der Waals surface area contributed by atoms with Gasteiger partial charge in [0.2, 0.25) is 0 Å². The maximum Gasteiger partial charge on any atom is 0.331 e. The van der Waals surface area contributed by atoms with E-state index in [0.717, 1.165) is 0 Å². The molecule has 0 spiro atoms. The smallest absolute Gasteiger partial charge is 0.331 e. The van der Waals surface area contributed by atoms with Crippen LogP contribution in [-0.4, -0.2) is 34.0 Å². The van der Waals surface area contributed by atoms with Gasteiger partial charge in [0.05, 0.1) is 14.2 Å². The predicted octanol–water partition coefficient (Wildman–Crippen LogP) is 1.39. The first-order chi connectivity index (χ1) is 9.76. The molecule has 0 aliphatic heterocycles. The van der Waals surface area contributed by atoms with Crippen molar-refractivity contribution in [3.05, 3.63) is 27.9 Å². The van der Waals surface area contributed by atoms with Crippen LogP contribution < -0.4 is 5.32 Å². The van der Waals surface area contributed by atoms with E-state index < -0.39 is 22.3 Å². The number of aromatic nitrogens is 1. The Labute approximate surface area is 122 Å². The lowest BCUT2D eigenvalue weighted by Gasteiger charge is -2.27. The second kappa shape index (κ2) is 6.38. The van der Waals surface area contributed by atoms with Gasteiger partial charge in [-0.05, 0) is 24.3 Å². The number of ether oxygens (including phenoxy) is 1. The number of hydrogen-bond donors (Lipinski definition) is 1. The molecule has 0 radical (unpaired) electrons. The number of amides is 1. The van der Waals surface area contributed by atoms with Crippen molar-refractivity contribution in [2.24, 2.45) is 7.05 Å². The summed E-state index contributed by atoms with van der Waals surface area (Å²) in [7, 11) is 2.66. The maximum atomic E-state index is 12.2. The van der Waals surface area contributed by atoms with Gasteiger partial charge in [0.1, 0.15) is 5.54 Å². The van der Waals surface area contributed by atoms with Gasteiger partial charge < -0.3 is 20.2 Å². The van der Waals surface area contributed by atoms with Gasteiger partial charge in [0, 0.05) is 6.07 Å². The number of nitro groups is 1. The lowest BCUT2D eigenvalue weighted by molar-refractivity contribution is -0.391. The Balaban J connectivity index is 3.03. The standard InChI is InChI=1S/C13H19N3O5/c1-5-8-13(2,12(18)21-4)14-11(17)9-6-7-10(15(9)3)16(19)20/h6-7H,5,8H2,1-4H3,(H,14,17). The van der Waals surface area contributed by atoms with Crippen molar-refractivity contribution >= 4 is 17.7 Å². The Hall–Kier alpha value is -2.38. The van der Waals surface area contributed by atoms with Gasteiger partial charge in [0.15, 0.2) is 5.69 Å². The molecule has 116 valence electrons. The van der Waals surface area contributed by atoms with E-state index in [-0.39, 0.29) is 11.5 Å². The highest BCUT2D eigenvalue weighted by Crippen LogP contribution is 2.18.